The zero-order valence-corrected chi connectivity index (χ0v) is 15.8. The Hall–Kier alpha value is -2.41. The van der Waals surface area contributed by atoms with E-state index in [4.69, 9.17) is 4.74 Å². The molecule has 7 nitrogen and oxygen atoms in total. The normalized spacial score (nSPS) is 17.5. The van der Waals surface area contributed by atoms with Gasteiger partial charge in [0, 0.05) is 24.8 Å². The molecule has 1 fully saturated rings. The Bertz CT molecular complexity index is 829. The molecule has 0 bridgehead atoms. The van der Waals surface area contributed by atoms with Crippen molar-refractivity contribution in [2.45, 2.75) is 46.3 Å². The van der Waals surface area contributed by atoms with Gasteiger partial charge in [-0.1, -0.05) is 20.8 Å². The van der Waals surface area contributed by atoms with Crippen molar-refractivity contribution in [3.05, 3.63) is 24.0 Å². The Labute approximate surface area is 153 Å². The van der Waals surface area contributed by atoms with Crippen molar-refractivity contribution in [3.8, 4) is 0 Å². The van der Waals surface area contributed by atoms with Gasteiger partial charge in [-0.3, -0.25) is 9.59 Å². The summed E-state index contributed by atoms with van der Waals surface area (Å²) < 4.78 is 7.34. The smallest absolute Gasteiger partial charge is 0.249 e. The monoisotopic (exact) mass is 358 g/mol. The highest BCUT2D eigenvalue weighted by molar-refractivity contribution is 5.96. The molecule has 2 aromatic rings. The van der Waals surface area contributed by atoms with Gasteiger partial charge in [0.05, 0.1) is 17.6 Å². The number of imidazole rings is 1. The van der Waals surface area contributed by atoms with Gasteiger partial charge in [0.2, 0.25) is 11.8 Å². The molecule has 1 aliphatic rings. The van der Waals surface area contributed by atoms with E-state index in [-0.39, 0.29) is 17.9 Å². The second kappa shape index (κ2) is 7.07. The van der Waals surface area contributed by atoms with Gasteiger partial charge in [-0.2, -0.15) is 0 Å². The third-order valence-corrected chi connectivity index (χ3v) is 4.56. The van der Waals surface area contributed by atoms with Gasteiger partial charge in [-0.25, -0.2) is 4.98 Å². The second-order valence-corrected chi connectivity index (χ2v) is 7.71. The third-order valence-electron chi connectivity index (χ3n) is 4.56. The molecule has 1 aliphatic heterocycles. The van der Waals surface area contributed by atoms with E-state index in [1.165, 1.54) is 0 Å². The lowest BCUT2D eigenvalue weighted by Crippen LogP contribution is -2.34. The highest BCUT2D eigenvalue weighted by atomic mass is 16.5. The van der Waals surface area contributed by atoms with Crippen LogP contribution in [0.1, 0.15) is 39.4 Å². The minimum Gasteiger partial charge on any atom is -0.368 e. The quantitative estimate of drug-likeness (QED) is 0.879. The van der Waals surface area contributed by atoms with E-state index in [9.17, 15) is 9.59 Å². The van der Waals surface area contributed by atoms with Crippen molar-refractivity contribution in [2.75, 3.05) is 11.9 Å². The van der Waals surface area contributed by atoms with Crippen LogP contribution in [-0.2, 0) is 27.9 Å². The van der Waals surface area contributed by atoms with Crippen LogP contribution in [0.15, 0.2) is 18.2 Å². The summed E-state index contributed by atoms with van der Waals surface area (Å²) >= 11 is 0. The number of fused-ring (bicyclic) bond motifs is 1. The van der Waals surface area contributed by atoms with Gasteiger partial charge >= 0.3 is 0 Å². The number of hydrogen-bond donors (Lipinski definition) is 2. The molecule has 1 aromatic heterocycles. The zero-order chi connectivity index (χ0) is 18.9. The van der Waals surface area contributed by atoms with E-state index >= 15 is 0 Å². The number of nitrogens with one attached hydrogen (secondary N) is 2. The summed E-state index contributed by atoms with van der Waals surface area (Å²) in [6.45, 7) is 6.60. The highest BCUT2D eigenvalue weighted by Crippen LogP contribution is 2.22. The topological polar surface area (TPSA) is 85.2 Å². The van der Waals surface area contributed by atoms with Crippen LogP contribution in [0.5, 0.6) is 0 Å². The Kier molecular flexibility index (Phi) is 5.00. The van der Waals surface area contributed by atoms with E-state index in [1.54, 1.807) is 0 Å². The number of nitrogens with zero attached hydrogens (tertiary/aromatic N) is 2. The molecule has 2 N–H and O–H groups in total. The van der Waals surface area contributed by atoms with Crippen LogP contribution in [-0.4, -0.2) is 34.1 Å². The van der Waals surface area contributed by atoms with Gasteiger partial charge in [0.25, 0.3) is 0 Å². The number of amides is 2. The SMILES string of the molecule is Cn1c(CNC(=O)[C@@H]2CCCO2)nc2cc(NC(=O)C(C)(C)C)ccc21. The summed E-state index contributed by atoms with van der Waals surface area (Å²) in [7, 11) is 1.91. The lowest BCUT2D eigenvalue weighted by Gasteiger charge is -2.17. The summed E-state index contributed by atoms with van der Waals surface area (Å²) in [4.78, 5) is 28.8. The van der Waals surface area contributed by atoms with Gasteiger partial charge in [-0.15, -0.1) is 0 Å². The molecule has 1 atom stereocenters. The maximum atomic E-state index is 12.1. The summed E-state index contributed by atoms with van der Waals surface area (Å²) in [6.07, 6.45) is 1.35. The fourth-order valence-electron chi connectivity index (χ4n) is 2.87. The van der Waals surface area contributed by atoms with Crippen molar-refractivity contribution in [2.24, 2.45) is 12.5 Å². The minimum absolute atomic E-state index is 0.0446. The van der Waals surface area contributed by atoms with Crippen molar-refractivity contribution in [1.82, 2.24) is 14.9 Å². The molecule has 0 saturated carbocycles. The molecule has 2 amide bonds. The third kappa shape index (κ3) is 3.88. The summed E-state index contributed by atoms with van der Waals surface area (Å²) in [5.74, 6) is 0.621. The molecule has 7 heteroatoms. The van der Waals surface area contributed by atoms with E-state index < -0.39 is 5.41 Å². The van der Waals surface area contributed by atoms with Crippen LogP contribution in [0.3, 0.4) is 0 Å². The first-order chi connectivity index (χ1) is 12.3. The van der Waals surface area contributed by atoms with E-state index in [1.807, 2.05) is 50.6 Å². The number of ether oxygens (including phenoxy) is 1. The number of hydrogen-bond acceptors (Lipinski definition) is 4. The molecular formula is C19H26N4O3. The maximum Gasteiger partial charge on any atom is 0.249 e. The number of benzene rings is 1. The van der Waals surface area contributed by atoms with E-state index in [0.717, 1.165) is 29.7 Å². The Morgan fingerprint density at radius 3 is 2.77 bits per heavy atom. The fraction of sp³-hybridized carbons (Fsp3) is 0.526. The first kappa shape index (κ1) is 18.4. The predicted molar refractivity (Wildman–Crippen MR) is 99.6 cm³/mol. The maximum absolute atomic E-state index is 12.1. The van der Waals surface area contributed by atoms with Crippen LogP contribution < -0.4 is 10.6 Å². The predicted octanol–water partition coefficient (Wildman–Crippen LogP) is 2.35. The molecule has 140 valence electrons. The standard InChI is InChI=1S/C19H26N4O3/c1-19(2,3)18(25)21-12-7-8-14-13(10-12)22-16(23(14)4)11-20-17(24)15-6-5-9-26-15/h7-8,10,15H,5-6,9,11H2,1-4H3,(H,20,24)(H,21,25)/t15-/m0/s1. The lowest BCUT2D eigenvalue weighted by molar-refractivity contribution is -0.130. The molecule has 0 spiro atoms. The number of carbonyl (C=O) groups excluding carboxylic acids is 2. The Balaban J connectivity index is 1.73. The molecule has 26 heavy (non-hydrogen) atoms. The van der Waals surface area contributed by atoms with Crippen LogP contribution in [0.25, 0.3) is 11.0 Å². The fourth-order valence-corrected chi connectivity index (χ4v) is 2.87. The first-order valence-corrected chi connectivity index (χ1v) is 8.92. The van der Waals surface area contributed by atoms with Crippen LogP contribution >= 0.6 is 0 Å². The van der Waals surface area contributed by atoms with Crippen LogP contribution in [0.4, 0.5) is 5.69 Å². The Morgan fingerprint density at radius 2 is 2.12 bits per heavy atom. The largest absolute Gasteiger partial charge is 0.368 e. The van der Waals surface area contributed by atoms with Crippen molar-refractivity contribution >= 4 is 28.5 Å². The van der Waals surface area contributed by atoms with Crippen molar-refractivity contribution < 1.29 is 14.3 Å². The highest BCUT2D eigenvalue weighted by Gasteiger charge is 2.24. The number of aryl methyl sites for hydroxylation is 1. The number of carbonyl (C=O) groups is 2. The van der Waals surface area contributed by atoms with Crippen molar-refractivity contribution in [3.63, 3.8) is 0 Å². The van der Waals surface area contributed by atoms with Crippen LogP contribution in [0.2, 0.25) is 0 Å². The number of rotatable bonds is 4. The second-order valence-electron chi connectivity index (χ2n) is 7.71. The van der Waals surface area contributed by atoms with E-state index in [2.05, 4.69) is 15.6 Å². The molecule has 0 aliphatic carbocycles. The molecule has 2 heterocycles. The van der Waals surface area contributed by atoms with Gasteiger partial charge in [-0.05, 0) is 31.0 Å². The minimum atomic E-state index is -0.461. The summed E-state index contributed by atoms with van der Waals surface area (Å²) in [5, 5.41) is 5.81. The molecule has 1 aromatic carbocycles. The Morgan fingerprint density at radius 1 is 1.35 bits per heavy atom. The average molecular weight is 358 g/mol. The van der Waals surface area contributed by atoms with Crippen LogP contribution in [0, 0.1) is 5.41 Å². The number of aromatic nitrogens is 2. The number of anilines is 1. The van der Waals surface area contributed by atoms with Gasteiger partial charge < -0.3 is 19.9 Å². The lowest BCUT2D eigenvalue weighted by atomic mass is 9.95. The molecule has 3 rings (SSSR count). The van der Waals surface area contributed by atoms with Crippen molar-refractivity contribution in [1.29, 1.82) is 0 Å². The molecule has 1 saturated heterocycles. The molecule has 0 unspecified atom stereocenters. The van der Waals surface area contributed by atoms with Gasteiger partial charge in [0.15, 0.2) is 0 Å². The summed E-state index contributed by atoms with van der Waals surface area (Å²) in [5.41, 5.74) is 1.97. The van der Waals surface area contributed by atoms with Gasteiger partial charge in [0.1, 0.15) is 11.9 Å². The average Bonchev–Trinajstić information content (AvgIpc) is 3.20. The molecular weight excluding hydrogens is 332 g/mol. The van der Waals surface area contributed by atoms with E-state index in [0.29, 0.717) is 18.8 Å². The summed E-state index contributed by atoms with van der Waals surface area (Å²) in [6, 6.07) is 5.64. The molecule has 0 radical (unpaired) electrons. The first-order valence-electron chi connectivity index (χ1n) is 8.92. The zero-order valence-electron chi connectivity index (χ0n) is 15.8.